The fourth-order valence-corrected chi connectivity index (χ4v) is 3.50. The number of hydrogen-bond acceptors (Lipinski definition) is 3. The molecule has 0 aromatic heterocycles. The standard InChI is InChI=1S/C22H19NO2/c1-15(2)22(19-14-8-12-16-9-6-7-13-18(16)19)21(24)25-20(23-22)17-10-4-3-5-11-17/h3-15H,1-2H3/t22-/m1/s1. The van der Waals surface area contributed by atoms with E-state index in [1.165, 1.54) is 0 Å². The van der Waals surface area contributed by atoms with Crippen LogP contribution in [0.3, 0.4) is 0 Å². The zero-order chi connectivity index (χ0) is 17.4. The summed E-state index contributed by atoms with van der Waals surface area (Å²) in [5, 5.41) is 2.13. The number of benzene rings is 3. The molecule has 0 saturated carbocycles. The quantitative estimate of drug-likeness (QED) is 0.654. The topological polar surface area (TPSA) is 38.7 Å². The van der Waals surface area contributed by atoms with Gasteiger partial charge in [-0.05, 0) is 34.4 Å². The van der Waals surface area contributed by atoms with E-state index in [1.807, 2.05) is 74.5 Å². The molecule has 1 heterocycles. The van der Waals surface area contributed by atoms with Gasteiger partial charge in [-0.25, -0.2) is 9.79 Å². The van der Waals surface area contributed by atoms with Crippen LogP contribution in [0.25, 0.3) is 10.8 Å². The molecule has 0 fully saturated rings. The van der Waals surface area contributed by atoms with Crippen LogP contribution in [0.5, 0.6) is 0 Å². The molecule has 1 atom stereocenters. The first-order valence-electron chi connectivity index (χ1n) is 8.49. The zero-order valence-corrected chi connectivity index (χ0v) is 14.3. The van der Waals surface area contributed by atoms with Gasteiger partial charge in [0.2, 0.25) is 5.90 Å². The van der Waals surface area contributed by atoms with Crippen LogP contribution >= 0.6 is 0 Å². The molecule has 3 heteroatoms. The van der Waals surface area contributed by atoms with Crippen molar-refractivity contribution in [3.05, 3.63) is 83.9 Å². The molecule has 3 nitrogen and oxygen atoms in total. The van der Waals surface area contributed by atoms with E-state index in [-0.39, 0.29) is 11.9 Å². The molecule has 0 spiro atoms. The van der Waals surface area contributed by atoms with E-state index in [1.54, 1.807) is 0 Å². The highest BCUT2D eigenvalue weighted by molar-refractivity contribution is 6.09. The summed E-state index contributed by atoms with van der Waals surface area (Å²) in [6.45, 7) is 4.03. The molecule has 1 aliphatic heterocycles. The van der Waals surface area contributed by atoms with Crippen molar-refractivity contribution in [3.63, 3.8) is 0 Å². The summed E-state index contributed by atoms with van der Waals surface area (Å²) in [4.78, 5) is 17.9. The average Bonchev–Trinajstić information content (AvgIpc) is 3.00. The van der Waals surface area contributed by atoms with Gasteiger partial charge in [0.1, 0.15) is 0 Å². The second-order valence-electron chi connectivity index (χ2n) is 6.62. The summed E-state index contributed by atoms with van der Waals surface area (Å²) in [5.41, 5.74) is 0.696. The van der Waals surface area contributed by atoms with Gasteiger partial charge in [0.15, 0.2) is 5.54 Å². The third-order valence-electron chi connectivity index (χ3n) is 4.84. The molecule has 4 rings (SSSR count). The van der Waals surface area contributed by atoms with Crippen molar-refractivity contribution in [2.75, 3.05) is 0 Å². The number of fused-ring (bicyclic) bond motifs is 1. The first kappa shape index (κ1) is 15.6. The lowest BCUT2D eigenvalue weighted by molar-refractivity contribution is -0.140. The van der Waals surface area contributed by atoms with Gasteiger partial charge in [-0.1, -0.05) is 74.5 Å². The lowest BCUT2D eigenvalue weighted by atomic mass is 9.78. The van der Waals surface area contributed by atoms with E-state index in [0.717, 1.165) is 21.9 Å². The predicted octanol–water partition coefficient (Wildman–Crippen LogP) is 4.69. The molecule has 0 radical (unpaired) electrons. The molecule has 0 N–H and O–H groups in total. The van der Waals surface area contributed by atoms with Gasteiger partial charge >= 0.3 is 5.97 Å². The highest BCUT2D eigenvalue weighted by Crippen LogP contribution is 2.42. The second kappa shape index (κ2) is 5.85. The van der Waals surface area contributed by atoms with E-state index >= 15 is 0 Å². The number of rotatable bonds is 3. The lowest BCUT2D eigenvalue weighted by Gasteiger charge is -2.28. The van der Waals surface area contributed by atoms with E-state index in [4.69, 9.17) is 9.73 Å². The number of cyclic esters (lactones) is 1. The van der Waals surface area contributed by atoms with Crippen LogP contribution in [0.2, 0.25) is 0 Å². The number of ether oxygens (including phenoxy) is 1. The fourth-order valence-electron chi connectivity index (χ4n) is 3.50. The molecular formula is C22H19NO2. The Bertz CT molecular complexity index is 970. The Balaban J connectivity index is 1.97. The lowest BCUT2D eigenvalue weighted by Crippen LogP contribution is -2.36. The first-order chi connectivity index (χ1) is 12.1. The molecule has 0 saturated heterocycles. The van der Waals surface area contributed by atoms with Crippen molar-refractivity contribution in [1.82, 2.24) is 0 Å². The van der Waals surface area contributed by atoms with Crippen LogP contribution in [0.4, 0.5) is 0 Å². The number of carbonyl (C=O) groups excluding carboxylic acids is 1. The van der Waals surface area contributed by atoms with Crippen LogP contribution in [0.1, 0.15) is 25.0 Å². The highest BCUT2D eigenvalue weighted by atomic mass is 16.6. The molecule has 3 aromatic carbocycles. The molecule has 1 aliphatic rings. The van der Waals surface area contributed by atoms with Crippen molar-refractivity contribution in [1.29, 1.82) is 0 Å². The van der Waals surface area contributed by atoms with Crippen molar-refractivity contribution < 1.29 is 9.53 Å². The molecule has 0 bridgehead atoms. The molecule has 0 amide bonds. The average molecular weight is 329 g/mol. The predicted molar refractivity (Wildman–Crippen MR) is 99.5 cm³/mol. The van der Waals surface area contributed by atoms with Crippen molar-refractivity contribution in [3.8, 4) is 0 Å². The maximum atomic E-state index is 13.0. The van der Waals surface area contributed by atoms with E-state index in [2.05, 4.69) is 12.1 Å². The molecule has 0 unspecified atom stereocenters. The molecule has 3 aromatic rings. The Labute approximate surface area is 147 Å². The number of hydrogen-bond donors (Lipinski definition) is 0. The van der Waals surface area contributed by atoms with Gasteiger partial charge in [0.25, 0.3) is 0 Å². The molecule has 124 valence electrons. The minimum Gasteiger partial charge on any atom is -0.405 e. The van der Waals surface area contributed by atoms with Crippen LogP contribution in [-0.2, 0) is 15.1 Å². The van der Waals surface area contributed by atoms with Crippen molar-refractivity contribution in [2.24, 2.45) is 10.9 Å². The monoisotopic (exact) mass is 329 g/mol. The summed E-state index contributed by atoms with van der Waals surface area (Å²) in [5.74, 6) is 0.0527. The van der Waals surface area contributed by atoms with E-state index in [9.17, 15) is 4.79 Å². The third-order valence-corrected chi connectivity index (χ3v) is 4.84. The summed E-state index contributed by atoms with van der Waals surface area (Å²) < 4.78 is 5.64. The minimum atomic E-state index is -1.02. The van der Waals surface area contributed by atoms with Gasteiger partial charge in [-0.3, -0.25) is 0 Å². The smallest absolute Gasteiger partial charge is 0.345 e. The normalized spacial score (nSPS) is 20.0. The number of carbonyl (C=O) groups is 1. The maximum Gasteiger partial charge on any atom is 0.345 e. The van der Waals surface area contributed by atoms with E-state index in [0.29, 0.717) is 5.90 Å². The molecule has 0 aliphatic carbocycles. The summed E-state index contributed by atoms with van der Waals surface area (Å²) in [6, 6.07) is 23.7. The zero-order valence-electron chi connectivity index (χ0n) is 14.3. The van der Waals surface area contributed by atoms with Crippen LogP contribution in [-0.4, -0.2) is 11.9 Å². The van der Waals surface area contributed by atoms with Crippen molar-refractivity contribution >= 4 is 22.6 Å². The highest BCUT2D eigenvalue weighted by Gasteiger charge is 2.51. The number of aliphatic imine (C=N–C) groups is 1. The Kier molecular flexibility index (Phi) is 3.65. The minimum absolute atomic E-state index is 0.0352. The van der Waals surface area contributed by atoms with Gasteiger partial charge in [-0.15, -0.1) is 0 Å². The Morgan fingerprint density at radius 3 is 2.32 bits per heavy atom. The van der Waals surface area contributed by atoms with Gasteiger partial charge in [0.05, 0.1) is 0 Å². The Morgan fingerprint density at radius 1 is 0.880 bits per heavy atom. The van der Waals surface area contributed by atoms with E-state index < -0.39 is 5.54 Å². The van der Waals surface area contributed by atoms with Gasteiger partial charge in [-0.2, -0.15) is 0 Å². The first-order valence-corrected chi connectivity index (χ1v) is 8.49. The van der Waals surface area contributed by atoms with Crippen LogP contribution < -0.4 is 0 Å². The SMILES string of the molecule is CC(C)[C@]1(c2cccc3ccccc23)N=C(c2ccccc2)OC1=O. The van der Waals surface area contributed by atoms with Crippen LogP contribution in [0.15, 0.2) is 77.8 Å². The largest absolute Gasteiger partial charge is 0.405 e. The molecular weight excluding hydrogens is 310 g/mol. The number of nitrogens with zero attached hydrogens (tertiary/aromatic N) is 1. The number of esters is 1. The van der Waals surface area contributed by atoms with Crippen LogP contribution in [0, 0.1) is 5.92 Å². The summed E-state index contributed by atoms with van der Waals surface area (Å²) >= 11 is 0. The Morgan fingerprint density at radius 2 is 1.56 bits per heavy atom. The van der Waals surface area contributed by atoms with Gasteiger partial charge in [0, 0.05) is 5.56 Å². The van der Waals surface area contributed by atoms with Crippen molar-refractivity contribution in [2.45, 2.75) is 19.4 Å². The third kappa shape index (κ3) is 2.35. The summed E-state index contributed by atoms with van der Waals surface area (Å²) in [6.07, 6.45) is 0. The molecule has 25 heavy (non-hydrogen) atoms. The Hall–Kier alpha value is -2.94. The maximum absolute atomic E-state index is 13.0. The second-order valence-corrected chi connectivity index (χ2v) is 6.62. The fraction of sp³-hybridized carbons (Fsp3) is 0.182. The summed E-state index contributed by atoms with van der Waals surface area (Å²) in [7, 11) is 0. The van der Waals surface area contributed by atoms with Gasteiger partial charge < -0.3 is 4.74 Å².